The van der Waals surface area contributed by atoms with Gasteiger partial charge in [0, 0.05) is 35.6 Å². The average molecular weight is 674 g/mol. The monoisotopic (exact) mass is 673 g/mol. The summed E-state index contributed by atoms with van der Waals surface area (Å²) in [5.41, 5.74) is 4.10. The van der Waals surface area contributed by atoms with Crippen LogP contribution in [0.3, 0.4) is 0 Å². The summed E-state index contributed by atoms with van der Waals surface area (Å²) in [5, 5.41) is 23.8. The fraction of sp³-hybridized carbons (Fsp3) is 0.400. The van der Waals surface area contributed by atoms with Gasteiger partial charge in [0.05, 0.1) is 27.0 Å². The van der Waals surface area contributed by atoms with Crippen molar-refractivity contribution >= 4 is 38.2 Å². The molecule has 4 aromatic rings. The minimum absolute atomic E-state index is 0.115. The van der Waals surface area contributed by atoms with E-state index in [2.05, 4.69) is 32.8 Å². The summed E-state index contributed by atoms with van der Waals surface area (Å²) in [6.07, 6.45) is 4.18. The van der Waals surface area contributed by atoms with Gasteiger partial charge in [-0.2, -0.15) is 0 Å². The van der Waals surface area contributed by atoms with E-state index in [1.807, 2.05) is 52.8 Å². The molecule has 0 radical (unpaired) electrons. The molecule has 2 bridgehead atoms. The number of nitro benzene ring substituents is 2. The zero-order valence-corrected chi connectivity index (χ0v) is 28.4. The third-order valence-corrected chi connectivity index (χ3v) is 11.5. The van der Waals surface area contributed by atoms with Crippen LogP contribution in [0.25, 0.3) is 22.2 Å². The Labute approximate surface area is 278 Å². The molecule has 0 aliphatic carbocycles. The smallest absolute Gasteiger partial charge is 0.296 e. The van der Waals surface area contributed by atoms with Crippen LogP contribution in [0.2, 0.25) is 0 Å². The van der Waals surface area contributed by atoms with Crippen molar-refractivity contribution in [3.05, 3.63) is 97.1 Å². The van der Waals surface area contributed by atoms with E-state index in [1.165, 1.54) is 0 Å². The van der Waals surface area contributed by atoms with Gasteiger partial charge < -0.3 is 9.88 Å². The Morgan fingerprint density at radius 1 is 0.958 bits per heavy atom. The first-order valence-electron chi connectivity index (χ1n) is 16.1. The predicted octanol–water partition coefficient (Wildman–Crippen LogP) is 6.78. The molecule has 2 aliphatic heterocycles. The van der Waals surface area contributed by atoms with Crippen LogP contribution in [-0.2, 0) is 20.2 Å². The number of hydrogen-bond donors (Lipinski definition) is 2. The SMILES string of the molecule is Cc1cc(C)cc(-c2[nH]c3ccc(C(C)(C)C(=O)N4C5CCC4CC5)cc3c2C(C)CNS(=O)(=O)c2ccc([N+](=O)[O-])cc2[N+](=O)[O-])c1. The molecule has 6 rings (SSSR count). The number of amides is 1. The maximum Gasteiger partial charge on any atom is 0.296 e. The molecule has 3 heterocycles. The van der Waals surface area contributed by atoms with E-state index in [1.54, 1.807) is 0 Å². The molecule has 48 heavy (non-hydrogen) atoms. The lowest BCUT2D eigenvalue weighted by Crippen LogP contribution is -2.45. The summed E-state index contributed by atoms with van der Waals surface area (Å²) >= 11 is 0. The molecule has 2 N–H and O–H groups in total. The van der Waals surface area contributed by atoms with Gasteiger partial charge in [0.15, 0.2) is 4.90 Å². The van der Waals surface area contributed by atoms with Gasteiger partial charge in [0.1, 0.15) is 0 Å². The van der Waals surface area contributed by atoms with Crippen molar-refractivity contribution in [1.82, 2.24) is 14.6 Å². The van der Waals surface area contributed by atoms with Gasteiger partial charge in [-0.1, -0.05) is 30.2 Å². The Bertz CT molecular complexity index is 2050. The molecule has 2 fully saturated rings. The second-order valence-corrected chi connectivity index (χ2v) is 15.5. The summed E-state index contributed by atoms with van der Waals surface area (Å²) < 4.78 is 29.4. The van der Waals surface area contributed by atoms with Crippen molar-refractivity contribution in [3.63, 3.8) is 0 Å². The summed E-state index contributed by atoms with van der Waals surface area (Å²) in [6.45, 7) is 9.67. The maximum absolute atomic E-state index is 14.0. The molecule has 0 saturated carbocycles. The number of nitro groups is 2. The highest BCUT2D eigenvalue weighted by Gasteiger charge is 2.47. The first-order valence-corrected chi connectivity index (χ1v) is 17.6. The largest absolute Gasteiger partial charge is 0.354 e. The van der Waals surface area contributed by atoms with Crippen molar-refractivity contribution in [2.45, 2.75) is 88.6 Å². The fourth-order valence-electron chi connectivity index (χ4n) is 7.55. The molecule has 1 unspecified atom stereocenters. The zero-order chi connectivity index (χ0) is 34.7. The number of H-pyrrole nitrogens is 1. The number of hydrogen-bond acceptors (Lipinski definition) is 7. The van der Waals surface area contributed by atoms with Gasteiger partial charge in [0.2, 0.25) is 15.9 Å². The van der Waals surface area contributed by atoms with E-state index in [0.29, 0.717) is 18.2 Å². The summed E-state index contributed by atoms with van der Waals surface area (Å²) in [6, 6.07) is 15.2. The summed E-state index contributed by atoms with van der Waals surface area (Å²) in [7, 11) is -4.44. The molecule has 3 aromatic carbocycles. The van der Waals surface area contributed by atoms with E-state index in [4.69, 9.17) is 0 Å². The van der Waals surface area contributed by atoms with Crippen LogP contribution in [-0.4, -0.2) is 52.7 Å². The molecule has 1 amide bonds. The number of carbonyl (C=O) groups excluding carboxylic acids is 1. The maximum atomic E-state index is 14.0. The first kappa shape index (κ1) is 33.3. The lowest BCUT2D eigenvalue weighted by molar-refractivity contribution is -0.396. The highest BCUT2D eigenvalue weighted by Crippen LogP contribution is 2.43. The van der Waals surface area contributed by atoms with Crippen LogP contribution in [0.5, 0.6) is 0 Å². The van der Waals surface area contributed by atoms with Gasteiger partial charge in [0.25, 0.3) is 11.4 Å². The number of aromatic amines is 1. The van der Waals surface area contributed by atoms with Crippen LogP contribution in [0.15, 0.2) is 59.5 Å². The quantitative estimate of drug-likeness (QED) is 0.138. The van der Waals surface area contributed by atoms with Gasteiger partial charge in [-0.05, 0) is 106 Å². The number of fused-ring (bicyclic) bond motifs is 3. The van der Waals surface area contributed by atoms with Crippen molar-refractivity contribution in [2.24, 2.45) is 0 Å². The highest BCUT2D eigenvalue weighted by atomic mass is 32.2. The van der Waals surface area contributed by atoms with E-state index < -0.39 is 47.5 Å². The topological polar surface area (TPSA) is 169 Å². The molecule has 2 saturated heterocycles. The fourth-order valence-corrected chi connectivity index (χ4v) is 8.84. The third-order valence-electron chi connectivity index (χ3n) is 10.0. The Morgan fingerprint density at radius 2 is 1.58 bits per heavy atom. The Morgan fingerprint density at radius 3 is 2.17 bits per heavy atom. The highest BCUT2D eigenvalue weighted by molar-refractivity contribution is 7.89. The van der Waals surface area contributed by atoms with Gasteiger partial charge in [-0.3, -0.25) is 25.0 Å². The van der Waals surface area contributed by atoms with E-state index in [0.717, 1.165) is 82.2 Å². The number of rotatable bonds is 10. The van der Waals surface area contributed by atoms with Crippen molar-refractivity contribution in [1.29, 1.82) is 0 Å². The van der Waals surface area contributed by atoms with Crippen molar-refractivity contribution in [2.75, 3.05) is 6.54 Å². The zero-order valence-electron chi connectivity index (χ0n) is 27.6. The number of non-ortho nitro benzene ring substituents is 1. The van der Waals surface area contributed by atoms with Gasteiger partial charge in [-0.25, -0.2) is 13.1 Å². The van der Waals surface area contributed by atoms with Crippen LogP contribution in [0.1, 0.15) is 74.6 Å². The van der Waals surface area contributed by atoms with Crippen molar-refractivity contribution < 1.29 is 23.1 Å². The minimum Gasteiger partial charge on any atom is -0.354 e. The average Bonchev–Trinajstić information content (AvgIpc) is 3.75. The molecule has 0 spiro atoms. The molecule has 1 aromatic heterocycles. The van der Waals surface area contributed by atoms with Crippen LogP contribution in [0.4, 0.5) is 11.4 Å². The molecule has 2 aliphatic rings. The third kappa shape index (κ3) is 5.85. The predicted molar refractivity (Wildman–Crippen MR) is 182 cm³/mol. The van der Waals surface area contributed by atoms with Crippen molar-refractivity contribution in [3.8, 4) is 11.3 Å². The molecule has 13 heteroatoms. The van der Waals surface area contributed by atoms with Gasteiger partial charge in [-0.15, -0.1) is 0 Å². The number of benzene rings is 3. The number of aryl methyl sites for hydroxylation is 2. The number of nitrogens with one attached hydrogen (secondary N) is 2. The second-order valence-electron chi connectivity index (χ2n) is 13.8. The molecule has 1 atom stereocenters. The molecule has 252 valence electrons. The Hall–Kier alpha value is -4.62. The van der Waals surface area contributed by atoms with Crippen LogP contribution >= 0.6 is 0 Å². The van der Waals surface area contributed by atoms with E-state index in [-0.39, 0.29) is 12.5 Å². The van der Waals surface area contributed by atoms with Crippen LogP contribution < -0.4 is 4.72 Å². The second kappa shape index (κ2) is 12.1. The van der Waals surface area contributed by atoms with Crippen LogP contribution in [0, 0.1) is 34.1 Å². The Kier molecular flexibility index (Phi) is 8.40. The minimum atomic E-state index is -4.44. The standard InChI is InChI=1S/C35H39N5O7S/c1-20-14-21(2)16-23(15-20)33-32(22(3)19-36-48(46,47)31-13-11-27(39(42)43)18-30(31)40(44)45)28-17-24(6-12-29(28)37-33)35(4,5)34(41)38-25-7-8-26(38)10-9-25/h6,11-18,22,25-26,36-37H,7-10,19H2,1-5H3. The number of carbonyl (C=O) groups is 1. The first-order chi connectivity index (χ1) is 22.6. The Balaban J connectivity index is 1.40. The lowest BCUT2D eigenvalue weighted by Gasteiger charge is -2.33. The normalized spacial score (nSPS) is 18.4. The number of sulfonamides is 1. The molecule has 12 nitrogen and oxygen atoms in total. The van der Waals surface area contributed by atoms with E-state index >= 15 is 0 Å². The summed E-state index contributed by atoms with van der Waals surface area (Å²) in [4.78, 5) is 40.2. The van der Waals surface area contributed by atoms with E-state index in [9.17, 15) is 33.4 Å². The number of nitrogens with zero attached hydrogens (tertiary/aromatic N) is 3. The van der Waals surface area contributed by atoms with Gasteiger partial charge >= 0.3 is 0 Å². The summed E-state index contributed by atoms with van der Waals surface area (Å²) in [5.74, 6) is -0.325. The number of aromatic nitrogens is 1. The molecular formula is C35H39N5O7S. The lowest BCUT2D eigenvalue weighted by atomic mass is 9.81. The molecular weight excluding hydrogens is 634 g/mol.